The summed E-state index contributed by atoms with van der Waals surface area (Å²) >= 11 is 1.67. The van der Waals surface area contributed by atoms with Gasteiger partial charge in [0.2, 0.25) is 0 Å². The second-order valence-electron chi connectivity index (χ2n) is 4.70. The molecular weight excluding hydrogens is 256 g/mol. The van der Waals surface area contributed by atoms with Gasteiger partial charge in [-0.25, -0.2) is 0 Å². The van der Waals surface area contributed by atoms with E-state index in [4.69, 9.17) is 4.42 Å². The minimum atomic E-state index is 0.171. The molecule has 3 rings (SSSR count). The summed E-state index contributed by atoms with van der Waals surface area (Å²) in [6.45, 7) is 4.27. The monoisotopic (exact) mass is 272 g/mol. The zero-order valence-corrected chi connectivity index (χ0v) is 11.8. The van der Waals surface area contributed by atoms with E-state index in [0.29, 0.717) is 0 Å². The van der Waals surface area contributed by atoms with Crippen molar-refractivity contribution < 1.29 is 4.42 Å². The van der Waals surface area contributed by atoms with E-state index < -0.39 is 0 Å². The number of fused-ring (bicyclic) bond motifs is 1. The lowest BCUT2D eigenvalue weighted by Crippen LogP contribution is -2.21. The topological polar surface area (TPSA) is 38.1 Å². The maximum absolute atomic E-state index is 5.87. The number of aromatic nitrogens is 1. The highest BCUT2D eigenvalue weighted by molar-refractivity contribution is 7.09. The van der Waals surface area contributed by atoms with Crippen LogP contribution in [-0.2, 0) is 0 Å². The SMILES string of the molecule is CC(NC(C)c1cncs1)c1cc2ccccc2o1. The summed E-state index contributed by atoms with van der Waals surface area (Å²) in [7, 11) is 0. The van der Waals surface area contributed by atoms with Gasteiger partial charge >= 0.3 is 0 Å². The molecule has 0 bridgehead atoms. The van der Waals surface area contributed by atoms with Crippen LogP contribution < -0.4 is 5.32 Å². The fourth-order valence-corrected chi connectivity index (χ4v) is 2.83. The number of nitrogens with zero attached hydrogens (tertiary/aromatic N) is 1. The molecule has 4 heteroatoms. The number of hydrogen-bond acceptors (Lipinski definition) is 4. The Labute approximate surface area is 116 Å². The van der Waals surface area contributed by atoms with E-state index in [9.17, 15) is 0 Å². The first-order valence-electron chi connectivity index (χ1n) is 6.37. The fourth-order valence-electron chi connectivity index (χ4n) is 2.19. The predicted molar refractivity (Wildman–Crippen MR) is 78.3 cm³/mol. The van der Waals surface area contributed by atoms with E-state index in [1.807, 2.05) is 29.9 Å². The van der Waals surface area contributed by atoms with Gasteiger partial charge in [-0.2, -0.15) is 0 Å². The third kappa shape index (κ3) is 2.55. The van der Waals surface area contributed by atoms with E-state index in [1.54, 1.807) is 11.3 Å². The molecule has 0 radical (unpaired) electrons. The molecule has 0 aliphatic carbocycles. The highest BCUT2D eigenvalue weighted by Crippen LogP contribution is 2.26. The minimum Gasteiger partial charge on any atom is -0.459 e. The van der Waals surface area contributed by atoms with Gasteiger partial charge < -0.3 is 9.73 Å². The van der Waals surface area contributed by atoms with Gasteiger partial charge in [-0.15, -0.1) is 11.3 Å². The molecule has 19 heavy (non-hydrogen) atoms. The average molecular weight is 272 g/mol. The van der Waals surface area contributed by atoms with Crippen molar-refractivity contribution in [1.29, 1.82) is 0 Å². The predicted octanol–water partition coefficient (Wildman–Crippen LogP) is 4.30. The molecule has 2 heterocycles. The maximum Gasteiger partial charge on any atom is 0.134 e. The summed E-state index contributed by atoms with van der Waals surface area (Å²) in [6, 6.07) is 10.6. The zero-order chi connectivity index (χ0) is 13.2. The van der Waals surface area contributed by atoms with E-state index >= 15 is 0 Å². The van der Waals surface area contributed by atoms with E-state index in [-0.39, 0.29) is 12.1 Å². The fraction of sp³-hybridized carbons (Fsp3) is 0.267. The maximum atomic E-state index is 5.87. The van der Waals surface area contributed by atoms with Crippen LogP contribution >= 0.6 is 11.3 Å². The second-order valence-corrected chi connectivity index (χ2v) is 5.62. The highest BCUT2D eigenvalue weighted by atomic mass is 32.1. The third-order valence-corrected chi connectivity index (χ3v) is 4.21. The molecule has 3 aromatic rings. The molecule has 3 nitrogen and oxygen atoms in total. The van der Waals surface area contributed by atoms with Crippen LogP contribution in [0.2, 0.25) is 0 Å². The standard InChI is InChI=1S/C15H16N2OS/c1-10(17-11(2)15-8-16-9-19-15)14-7-12-5-3-4-6-13(12)18-14/h3-11,17H,1-2H3. The quantitative estimate of drug-likeness (QED) is 0.769. The van der Waals surface area contributed by atoms with Crippen LogP contribution in [-0.4, -0.2) is 4.98 Å². The molecule has 0 fully saturated rings. The van der Waals surface area contributed by atoms with Gasteiger partial charge in [0.1, 0.15) is 11.3 Å². The number of benzene rings is 1. The van der Waals surface area contributed by atoms with Gasteiger partial charge in [0.05, 0.1) is 11.6 Å². The third-order valence-electron chi connectivity index (χ3n) is 3.25. The number of furan rings is 1. The Morgan fingerprint density at radius 1 is 1.21 bits per heavy atom. The number of thiazole rings is 1. The molecule has 2 atom stereocenters. The Bertz CT molecular complexity index is 627. The number of nitrogens with one attached hydrogen (secondary N) is 1. The first kappa shape index (κ1) is 12.4. The van der Waals surface area contributed by atoms with Gasteiger partial charge in [0.25, 0.3) is 0 Å². The molecule has 0 aliphatic rings. The summed E-state index contributed by atoms with van der Waals surface area (Å²) in [6.07, 6.45) is 1.91. The van der Waals surface area contributed by atoms with Crippen LogP contribution in [0.3, 0.4) is 0 Å². The summed E-state index contributed by atoms with van der Waals surface area (Å²) in [4.78, 5) is 5.35. The number of para-hydroxylation sites is 1. The minimum absolute atomic E-state index is 0.171. The van der Waals surface area contributed by atoms with E-state index in [2.05, 4.69) is 36.3 Å². The molecule has 0 amide bonds. The van der Waals surface area contributed by atoms with Crippen molar-refractivity contribution in [3.05, 3.63) is 52.7 Å². The van der Waals surface area contributed by atoms with Gasteiger partial charge in [0, 0.05) is 22.5 Å². The van der Waals surface area contributed by atoms with Gasteiger partial charge in [-0.3, -0.25) is 4.98 Å². The molecule has 2 unspecified atom stereocenters. The first-order valence-corrected chi connectivity index (χ1v) is 7.25. The van der Waals surface area contributed by atoms with Crippen molar-refractivity contribution in [3.63, 3.8) is 0 Å². The van der Waals surface area contributed by atoms with Crippen LogP contribution in [0.25, 0.3) is 11.0 Å². The summed E-state index contributed by atoms with van der Waals surface area (Å²) in [5.74, 6) is 0.970. The molecular formula is C15H16N2OS. The van der Waals surface area contributed by atoms with Gasteiger partial charge in [0.15, 0.2) is 0 Å². The van der Waals surface area contributed by atoms with E-state index in [1.165, 1.54) is 4.88 Å². The van der Waals surface area contributed by atoms with Crippen molar-refractivity contribution in [2.24, 2.45) is 0 Å². The van der Waals surface area contributed by atoms with Crippen molar-refractivity contribution >= 4 is 22.3 Å². The molecule has 1 N–H and O–H groups in total. The van der Waals surface area contributed by atoms with Crippen molar-refractivity contribution in [2.75, 3.05) is 0 Å². The Morgan fingerprint density at radius 3 is 2.79 bits per heavy atom. The summed E-state index contributed by atoms with van der Waals surface area (Å²) < 4.78 is 5.87. The lowest BCUT2D eigenvalue weighted by Gasteiger charge is -2.16. The van der Waals surface area contributed by atoms with Gasteiger partial charge in [-0.1, -0.05) is 18.2 Å². The normalized spacial score (nSPS) is 14.6. The summed E-state index contributed by atoms with van der Waals surface area (Å²) in [5.41, 5.74) is 2.80. The Kier molecular flexibility index (Phi) is 3.36. The van der Waals surface area contributed by atoms with Crippen LogP contribution in [0.4, 0.5) is 0 Å². The zero-order valence-electron chi connectivity index (χ0n) is 11.0. The molecule has 0 saturated heterocycles. The Hall–Kier alpha value is -1.65. The Morgan fingerprint density at radius 2 is 2.05 bits per heavy atom. The second kappa shape index (κ2) is 5.15. The average Bonchev–Trinajstić information content (AvgIpc) is 3.07. The molecule has 1 aromatic carbocycles. The van der Waals surface area contributed by atoms with Crippen molar-refractivity contribution in [3.8, 4) is 0 Å². The first-order chi connectivity index (χ1) is 9.24. The van der Waals surface area contributed by atoms with Gasteiger partial charge in [-0.05, 0) is 26.0 Å². The smallest absolute Gasteiger partial charge is 0.134 e. The molecule has 0 saturated carbocycles. The van der Waals surface area contributed by atoms with Crippen molar-refractivity contribution in [1.82, 2.24) is 10.3 Å². The largest absolute Gasteiger partial charge is 0.459 e. The molecule has 2 aromatic heterocycles. The lowest BCUT2D eigenvalue weighted by atomic mass is 10.2. The highest BCUT2D eigenvalue weighted by Gasteiger charge is 2.15. The van der Waals surface area contributed by atoms with Crippen LogP contribution in [0.5, 0.6) is 0 Å². The Balaban J connectivity index is 1.78. The van der Waals surface area contributed by atoms with Crippen LogP contribution in [0, 0.1) is 0 Å². The molecule has 98 valence electrons. The summed E-state index contributed by atoms with van der Waals surface area (Å²) in [5, 5.41) is 4.69. The van der Waals surface area contributed by atoms with E-state index in [0.717, 1.165) is 16.7 Å². The number of hydrogen-bond donors (Lipinski definition) is 1. The van der Waals surface area contributed by atoms with Crippen LogP contribution in [0.15, 0.2) is 46.5 Å². The van der Waals surface area contributed by atoms with Crippen molar-refractivity contribution in [2.45, 2.75) is 25.9 Å². The van der Waals surface area contributed by atoms with Crippen LogP contribution in [0.1, 0.15) is 36.6 Å². The number of rotatable bonds is 4. The molecule has 0 spiro atoms. The molecule has 0 aliphatic heterocycles. The lowest BCUT2D eigenvalue weighted by molar-refractivity contribution is 0.419.